The first kappa shape index (κ1) is 20.8. The third kappa shape index (κ3) is 5.13. The van der Waals surface area contributed by atoms with E-state index in [2.05, 4.69) is 5.32 Å². The molecule has 7 heteroatoms. The van der Waals surface area contributed by atoms with E-state index in [0.29, 0.717) is 11.4 Å². The van der Waals surface area contributed by atoms with Gasteiger partial charge in [0.1, 0.15) is 5.76 Å². The lowest BCUT2D eigenvalue weighted by molar-refractivity contribution is -0.116. The van der Waals surface area contributed by atoms with E-state index in [4.69, 9.17) is 4.42 Å². The lowest BCUT2D eigenvalue weighted by Crippen LogP contribution is -2.37. The van der Waals surface area contributed by atoms with Crippen LogP contribution in [0.4, 0.5) is 5.69 Å². The van der Waals surface area contributed by atoms with Gasteiger partial charge in [-0.3, -0.25) is 4.79 Å². The second-order valence-electron chi connectivity index (χ2n) is 7.03. The predicted molar refractivity (Wildman–Crippen MR) is 112 cm³/mol. The van der Waals surface area contributed by atoms with Crippen LogP contribution in [0.3, 0.4) is 0 Å². The number of hydrogen-bond donors (Lipinski definition) is 1. The molecule has 0 atom stereocenters. The van der Waals surface area contributed by atoms with Crippen molar-refractivity contribution >= 4 is 21.6 Å². The zero-order chi connectivity index (χ0) is 21.0. The van der Waals surface area contributed by atoms with Crippen molar-refractivity contribution in [2.24, 2.45) is 0 Å². The van der Waals surface area contributed by atoms with Crippen LogP contribution in [-0.4, -0.2) is 25.2 Å². The molecule has 6 nitrogen and oxygen atoms in total. The average molecular weight is 413 g/mol. The van der Waals surface area contributed by atoms with Gasteiger partial charge in [0.15, 0.2) is 0 Å². The van der Waals surface area contributed by atoms with Crippen LogP contribution >= 0.6 is 0 Å². The SMILES string of the molecule is Cc1ccc(S(=O)(=O)N(CC(=O)Nc2cc(C)ccc2C)Cc2ccco2)cc1. The number of rotatable bonds is 7. The molecule has 0 aliphatic rings. The summed E-state index contributed by atoms with van der Waals surface area (Å²) in [4.78, 5) is 12.8. The minimum absolute atomic E-state index is 0.0383. The fraction of sp³-hybridized carbons (Fsp3) is 0.227. The minimum atomic E-state index is -3.89. The Balaban J connectivity index is 1.86. The fourth-order valence-electron chi connectivity index (χ4n) is 2.88. The summed E-state index contributed by atoms with van der Waals surface area (Å²) in [5, 5.41) is 2.82. The quantitative estimate of drug-likeness (QED) is 0.635. The molecule has 152 valence electrons. The van der Waals surface area contributed by atoms with Crippen molar-refractivity contribution in [1.82, 2.24) is 4.31 Å². The Morgan fingerprint density at radius 3 is 2.34 bits per heavy atom. The van der Waals surface area contributed by atoms with E-state index in [-0.39, 0.29) is 18.0 Å². The normalized spacial score (nSPS) is 11.6. The molecule has 3 rings (SSSR count). The van der Waals surface area contributed by atoms with Gasteiger partial charge in [0.2, 0.25) is 15.9 Å². The molecule has 3 aromatic rings. The van der Waals surface area contributed by atoms with E-state index in [0.717, 1.165) is 21.0 Å². The third-order valence-electron chi connectivity index (χ3n) is 4.56. The van der Waals surface area contributed by atoms with Crippen LogP contribution in [0.15, 0.2) is 70.2 Å². The number of nitrogens with one attached hydrogen (secondary N) is 1. The van der Waals surface area contributed by atoms with Crippen LogP contribution in [0.2, 0.25) is 0 Å². The Bertz CT molecular complexity index is 1090. The third-order valence-corrected chi connectivity index (χ3v) is 6.36. The number of carbonyl (C=O) groups is 1. The van der Waals surface area contributed by atoms with Gasteiger partial charge >= 0.3 is 0 Å². The summed E-state index contributed by atoms with van der Waals surface area (Å²) in [6.07, 6.45) is 1.47. The van der Waals surface area contributed by atoms with Gasteiger partial charge in [-0.1, -0.05) is 29.8 Å². The van der Waals surface area contributed by atoms with E-state index in [1.165, 1.54) is 6.26 Å². The van der Waals surface area contributed by atoms with Crippen molar-refractivity contribution in [1.29, 1.82) is 0 Å². The van der Waals surface area contributed by atoms with Crippen LogP contribution in [-0.2, 0) is 21.4 Å². The molecule has 0 aliphatic carbocycles. The van der Waals surface area contributed by atoms with Crippen molar-refractivity contribution in [2.75, 3.05) is 11.9 Å². The van der Waals surface area contributed by atoms with E-state index < -0.39 is 15.9 Å². The maximum absolute atomic E-state index is 13.2. The van der Waals surface area contributed by atoms with Gasteiger partial charge in [-0.05, 0) is 62.2 Å². The van der Waals surface area contributed by atoms with E-state index in [9.17, 15) is 13.2 Å². The van der Waals surface area contributed by atoms with Crippen molar-refractivity contribution < 1.29 is 17.6 Å². The minimum Gasteiger partial charge on any atom is -0.468 e. The van der Waals surface area contributed by atoms with Gasteiger partial charge in [0, 0.05) is 5.69 Å². The van der Waals surface area contributed by atoms with Crippen LogP contribution in [0.1, 0.15) is 22.5 Å². The Morgan fingerprint density at radius 1 is 1.00 bits per heavy atom. The first-order chi connectivity index (χ1) is 13.8. The zero-order valence-corrected chi connectivity index (χ0v) is 17.5. The molecule has 2 aromatic carbocycles. The number of anilines is 1. The number of aryl methyl sites for hydroxylation is 3. The molecule has 0 unspecified atom stereocenters. The Hall–Kier alpha value is -2.90. The molecule has 0 saturated heterocycles. The number of nitrogens with zero attached hydrogens (tertiary/aromatic N) is 1. The smallest absolute Gasteiger partial charge is 0.243 e. The van der Waals surface area contributed by atoms with Crippen molar-refractivity contribution in [3.8, 4) is 0 Å². The lowest BCUT2D eigenvalue weighted by Gasteiger charge is -2.21. The van der Waals surface area contributed by atoms with Gasteiger partial charge in [0.05, 0.1) is 24.2 Å². The standard InChI is InChI=1S/C22H24N2O4S/c1-16-7-10-20(11-8-16)29(26,27)24(14-19-5-4-12-28-19)15-22(25)23-21-13-17(2)6-9-18(21)3/h4-13H,14-15H2,1-3H3,(H,23,25). The van der Waals surface area contributed by atoms with Crippen LogP contribution in [0.25, 0.3) is 0 Å². The molecule has 0 saturated carbocycles. The van der Waals surface area contributed by atoms with Crippen molar-refractivity contribution in [2.45, 2.75) is 32.2 Å². The number of furan rings is 1. The van der Waals surface area contributed by atoms with Crippen molar-refractivity contribution in [3.63, 3.8) is 0 Å². The number of hydrogen-bond acceptors (Lipinski definition) is 4. The Kier molecular flexibility index (Phi) is 6.20. The van der Waals surface area contributed by atoms with Gasteiger partial charge in [-0.25, -0.2) is 8.42 Å². The summed E-state index contributed by atoms with van der Waals surface area (Å²) in [7, 11) is -3.89. The molecular weight excluding hydrogens is 388 g/mol. The molecule has 1 aromatic heterocycles. The predicted octanol–water partition coefficient (Wildman–Crippen LogP) is 4.03. The fourth-order valence-corrected chi connectivity index (χ4v) is 4.24. The van der Waals surface area contributed by atoms with Crippen LogP contribution in [0, 0.1) is 20.8 Å². The molecule has 0 spiro atoms. The van der Waals surface area contributed by atoms with Crippen LogP contribution < -0.4 is 5.32 Å². The van der Waals surface area contributed by atoms with Gasteiger partial charge in [-0.15, -0.1) is 0 Å². The average Bonchev–Trinajstić information content (AvgIpc) is 3.18. The first-order valence-electron chi connectivity index (χ1n) is 9.22. The summed E-state index contributed by atoms with van der Waals surface area (Å²) in [6.45, 7) is 5.33. The van der Waals surface area contributed by atoms with Crippen molar-refractivity contribution in [3.05, 3.63) is 83.3 Å². The summed E-state index contributed by atoms with van der Waals surface area (Å²) < 4.78 is 32.8. The highest BCUT2D eigenvalue weighted by molar-refractivity contribution is 7.89. The topological polar surface area (TPSA) is 79.6 Å². The molecule has 0 bridgehead atoms. The maximum atomic E-state index is 13.2. The molecule has 1 heterocycles. The van der Waals surface area contributed by atoms with E-state index in [1.807, 2.05) is 39.0 Å². The first-order valence-corrected chi connectivity index (χ1v) is 10.7. The summed E-state index contributed by atoms with van der Waals surface area (Å²) in [6, 6.07) is 15.6. The van der Waals surface area contributed by atoms with Gasteiger partial charge < -0.3 is 9.73 Å². The molecular formula is C22H24N2O4S. The largest absolute Gasteiger partial charge is 0.468 e. The monoisotopic (exact) mass is 412 g/mol. The summed E-state index contributed by atoms with van der Waals surface area (Å²) >= 11 is 0. The molecule has 1 N–H and O–H groups in total. The summed E-state index contributed by atoms with van der Waals surface area (Å²) in [5.41, 5.74) is 3.53. The molecule has 0 radical (unpaired) electrons. The highest BCUT2D eigenvalue weighted by Gasteiger charge is 2.28. The Morgan fingerprint density at radius 2 is 1.69 bits per heavy atom. The van der Waals surface area contributed by atoms with Gasteiger partial charge in [-0.2, -0.15) is 4.31 Å². The van der Waals surface area contributed by atoms with Crippen LogP contribution in [0.5, 0.6) is 0 Å². The highest BCUT2D eigenvalue weighted by atomic mass is 32.2. The number of benzene rings is 2. The number of sulfonamides is 1. The molecule has 1 amide bonds. The molecule has 29 heavy (non-hydrogen) atoms. The summed E-state index contributed by atoms with van der Waals surface area (Å²) in [5.74, 6) is 0.0427. The highest BCUT2D eigenvalue weighted by Crippen LogP contribution is 2.21. The van der Waals surface area contributed by atoms with E-state index in [1.54, 1.807) is 36.4 Å². The molecule has 0 fully saturated rings. The second-order valence-corrected chi connectivity index (χ2v) is 8.97. The molecule has 0 aliphatic heterocycles. The number of carbonyl (C=O) groups excluding carboxylic acids is 1. The Labute approximate surface area is 171 Å². The lowest BCUT2D eigenvalue weighted by atomic mass is 10.1. The van der Waals surface area contributed by atoms with Gasteiger partial charge in [0.25, 0.3) is 0 Å². The number of amides is 1. The van der Waals surface area contributed by atoms with E-state index >= 15 is 0 Å². The second kappa shape index (κ2) is 8.63. The zero-order valence-electron chi connectivity index (χ0n) is 16.7. The maximum Gasteiger partial charge on any atom is 0.243 e.